The molecule has 96 valence electrons. The van der Waals surface area contributed by atoms with Crippen molar-refractivity contribution in [1.82, 2.24) is 9.55 Å². The highest BCUT2D eigenvalue weighted by molar-refractivity contribution is 7.71. The van der Waals surface area contributed by atoms with E-state index >= 15 is 0 Å². The highest BCUT2D eigenvalue weighted by atomic mass is 32.1. The van der Waals surface area contributed by atoms with Gasteiger partial charge < -0.3 is 9.55 Å². The van der Waals surface area contributed by atoms with E-state index in [1.807, 2.05) is 0 Å². The molecule has 0 bridgehead atoms. The van der Waals surface area contributed by atoms with Crippen molar-refractivity contribution in [2.45, 2.75) is 20.4 Å². The molecule has 1 heterocycles. The van der Waals surface area contributed by atoms with Gasteiger partial charge in [0, 0.05) is 0 Å². The average Bonchev–Trinajstić information content (AvgIpc) is 2.69. The number of aryl methyl sites for hydroxylation is 2. The molecule has 2 aromatic carbocycles. The maximum atomic E-state index is 5.45. The number of benzene rings is 2. The number of rotatable bonds is 2. The number of aromatic nitrogens is 2. The van der Waals surface area contributed by atoms with Crippen molar-refractivity contribution in [3.05, 3.63) is 63.9 Å². The zero-order chi connectivity index (χ0) is 13.4. The van der Waals surface area contributed by atoms with E-state index < -0.39 is 0 Å². The van der Waals surface area contributed by atoms with E-state index in [0.29, 0.717) is 0 Å². The molecule has 0 radical (unpaired) electrons. The molecule has 2 nitrogen and oxygen atoms in total. The fraction of sp³-hybridized carbons (Fsp3) is 0.188. The Kier molecular flexibility index (Phi) is 2.99. The fourth-order valence-electron chi connectivity index (χ4n) is 2.38. The number of imidazole rings is 1. The van der Waals surface area contributed by atoms with Gasteiger partial charge in [-0.1, -0.05) is 30.3 Å². The van der Waals surface area contributed by atoms with Gasteiger partial charge in [-0.25, -0.2) is 0 Å². The summed E-state index contributed by atoms with van der Waals surface area (Å²) >= 11 is 5.45. The molecule has 0 saturated heterocycles. The van der Waals surface area contributed by atoms with E-state index in [-0.39, 0.29) is 0 Å². The predicted octanol–water partition coefficient (Wildman–Crippen LogP) is 4.36. The van der Waals surface area contributed by atoms with Gasteiger partial charge >= 0.3 is 0 Å². The van der Waals surface area contributed by atoms with E-state index in [0.717, 1.165) is 16.8 Å². The lowest BCUT2D eigenvalue weighted by molar-refractivity contribution is 0.805. The Morgan fingerprint density at radius 2 is 1.89 bits per heavy atom. The van der Waals surface area contributed by atoms with Crippen LogP contribution in [-0.4, -0.2) is 9.55 Å². The van der Waals surface area contributed by atoms with Gasteiger partial charge in [-0.3, -0.25) is 0 Å². The zero-order valence-corrected chi connectivity index (χ0v) is 11.9. The summed E-state index contributed by atoms with van der Waals surface area (Å²) in [6.07, 6.45) is 0. The Balaban J connectivity index is 2.15. The largest absolute Gasteiger partial charge is 0.331 e. The van der Waals surface area contributed by atoms with Crippen LogP contribution in [0.4, 0.5) is 0 Å². The summed E-state index contributed by atoms with van der Waals surface area (Å²) in [5, 5.41) is 0. The van der Waals surface area contributed by atoms with Gasteiger partial charge in [-0.15, -0.1) is 0 Å². The second kappa shape index (κ2) is 4.67. The first kappa shape index (κ1) is 12.2. The Hall–Kier alpha value is -1.87. The molecule has 0 atom stereocenters. The van der Waals surface area contributed by atoms with Crippen LogP contribution in [0.3, 0.4) is 0 Å². The summed E-state index contributed by atoms with van der Waals surface area (Å²) < 4.78 is 2.95. The van der Waals surface area contributed by atoms with E-state index in [1.54, 1.807) is 0 Å². The van der Waals surface area contributed by atoms with E-state index in [1.165, 1.54) is 22.2 Å². The van der Waals surface area contributed by atoms with Gasteiger partial charge in [-0.2, -0.15) is 0 Å². The Bertz CT molecular complexity index is 796. The van der Waals surface area contributed by atoms with Crippen molar-refractivity contribution in [3.63, 3.8) is 0 Å². The molecule has 0 fully saturated rings. The first-order chi connectivity index (χ1) is 9.15. The minimum Gasteiger partial charge on any atom is -0.331 e. The summed E-state index contributed by atoms with van der Waals surface area (Å²) in [6.45, 7) is 5.06. The molecule has 1 aromatic heterocycles. The quantitative estimate of drug-likeness (QED) is 0.685. The van der Waals surface area contributed by atoms with Crippen LogP contribution in [0.5, 0.6) is 0 Å². The third-order valence-electron chi connectivity index (χ3n) is 3.52. The summed E-state index contributed by atoms with van der Waals surface area (Å²) in [4.78, 5) is 3.27. The monoisotopic (exact) mass is 268 g/mol. The Morgan fingerprint density at radius 1 is 1.11 bits per heavy atom. The molecular weight excluding hydrogens is 252 g/mol. The number of H-pyrrole nitrogens is 1. The number of fused-ring (bicyclic) bond motifs is 1. The lowest BCUT2D eigenvalue weighted by Gasteiger charge is -2.08. The Labute approximate surface area is 117 Å². The molecule has 19 heavy (non-hydrogen) atoms. The molecule has 0 aliphatic rings. The van der Waals surface area contributed by atoms with E-state index in [9.17, 15) is 0 Å². The van der Waals surface area contributed by atoms with Crippen molar-refractivity contribution >= 4 is 23.3 Å². The molecule has 3 aromatic rings. The zero-order valence-electron chi connectivity index (χ0n) is 11.1. The van der Waals surface area contributed by atoms with Crippen molar-refractivity contribution in [3.8, 4) is 0 Å². The van der Waals surface area contributed by atoms with Crippen LogP contribution in [0, 0.1) is 18.6 Å². The maximum Gasteiger partial charge on any atom is 0.178 e. The fourth-order valence-corrected chi connectivity index (χ4v) is 2.65. The Morgan fingerprint density at radius 3 is 2.68 bits per heavy atom. The minimum atomic E-state index is 0.781. The van der Waals surface area contributed by atoms with Crippen molar-refractivity contribution in [2.24, 2.45) is 0 Å². The van der Waals surface area contributed by atoms with Crippen LogP contribution >= 0.6 is 12.2 Å². The van der Waals surface area contributed by atoms with Crippen LogP contribution in [0.15, 0.2) is 42.5 Å². The predicted molar refractivity (Wildman–Crippen MR) is 82.1 cm³/mol. The second-order valence-corrected chi connectivity index (χ2v) is 5.35. The van der Waals surface area contributed by atoms with Gasteiger partial charge in [-0.05, 0) is 54.9 Å². The number of hydrogen-bond acceptors (Lipinski definition) is 1. The molecule has 1 N–H and O–H groups in total. The molecular formula is C16H16N2S. The molecule has 0 unspecified atom stereocenters. The summed E-state index contributed by atoms with van der Waals surface area (Å²) in [6, 6.07) is 14.8. The highest BCUT2D eigenvalue weighted by Gasteiger charge is 2.06. The molecule has 0 aliphatic carbocycles. The van der Waals surface area contributed by atoms with E-state index in [4.69, 9.17) is 12.2 Å². The highest BCUT2D eigenvalue weighted by Crippen LogP contribution is 2.18. The van der Waals surface area contributed by atoms with Crippen molar-refractivity contribution in [2.75, 3.05) is 0 Å². The van der Waals surface area contributed by atoms with Crippen molar-refractivity contribution in [1.29, 1.82) is 0 Å². The van der Waals surface area contributed by atoms with Crippen LogP contribution < -0.4 is 0 Å². The van der Waals surface area contributed by atoms with Crippen LogP contribution in [0.25, 0.3) is 11.0 Å². The topological polar surface area (TPSA) is 20.7 Å². The van der Waals surface area contributed by atoms with Gasteiger partial charge in [0.05, 0.1) is 17.6 Å². The normalized spacial score (nSPS) is 11.1. The SMILES string of the molecule is Cc1ccc2[nH]c(=S)n(Cc3ccccc3C)c2c1. The van der Waals surface area contributed by atoms with Crippen LogP contribution in [0.2, 0.25) is 0 Å². The maximum absolute atomic E-state index is 5.45. The first-order valence-electron chi connectivity index (χ1n) is 6.39. The van der Waals surface area contributed by atoms with Crippen molar-refractivity contribution < 1.29 is 0 Å². The van der Waals surface area contributed by atoms with Crippen LogP contribution in [-0.2, 0) is 6.54 Å². The standard InChI is InChI=1S/C16H16N2S/c1-11-7-8-14-15(9-11)18(16(19)17-14)10-13-6-4-3-5-12(13)2/h3-9H,10H2,1-2H3,(H,17,19). The van der Waals surface area contributed by atoms with Gasteiger partial charge in [0.15, 0.2) is 4.77 Å². The lowest BCUT2D eigenvalue weighted by Crippen LogP contribution is -2.01. The van der Waals surface area contributed by atoms with E-state index in [2.05, 4.69) is 65.9 Å². The molecule has 3 heteroatoms. The molecule has 0 amide bonds. The van der Waals surface area contributed by atoms with Gasteiger partial charge in [0.25, 0.3) is 0 Å². The molecule has 0 spiro atoms. The second-order valence-electron chi connectivity index (χ2n) is 4.96. The molecule has 3 rings (SSSR count). The number of nitrogens with one attached hydrogen (secondary N) is 1. The molecule has 0 saturated carbocycles. The summed E-state index contributed by atoms with van der Waals surface area (Å²) in [7, 11) is 0. The summed E-state index contributed by atoms with van der Waals surface area (Å²) in [5.41, 5.74) is 6.13. The average molecular weight is 268 g/mol. The smallest absolute Gasteiger partial charge is 0.178 e. The number of aromatic amines is 1. The first-order valence-corrected chi connectivity index (χ1v) is 6.79. The van der Waals surface area contributed by atoms with Gasteiger partial charge in [0.1, 0.15) is 0 Å². The third kappa shape index (κ3) is 2.22. The molecule has 0 aliphatic heterocycles. The lowest BCUT2D eigenvalue weighted by atomic mass is 10.1. The third-order valence-corrected chi connectivity index (χ3v) is 3.84. The minimum absolute atomic E-state index is 0.781. The number of hydrogen-bond donors (Lipinski definition) is 1. The van der Waals surface area contributed by atoms with Crippen LogP contribution in [0.1, 0.15) is 16.7 Å². The van der Waals surface area contributed by atoms with Gasteiger partial charge in [0.2, 0.25) is 0 Å². The number of nitrogens with zero attached hydrogens (tertiary/aromatic N) is 1. The summed E-state index contributed by atoms with van der Waals surface area (Å²) in [5.74, 6) is 0.